The van der Waals surface area contributed by atoms with E-state index in [1.807, 2.05) is 0 Å². The minimum Gasteiger partial charge on any atom is -0.495 e. The van der Waals surface area contributed by atoms with Crippen molar-refractivity contribution in [2.24, 2.45) is 23.7 Å². The van der Waals surface area contributed by atoms with Gasteiger partial charge in [-0.3, -0.25) is 9.59 Å². The Hall–Kier alpha value is -2.37. The molecule has 4 atom stereocenters. The molecule has 1 aliphatic heterocycles. The number of benzene rings is 1. The van der Waals surface area contributed by atoms with E-state index in [1.165, 1.54) is 25.3 Å². The van der Waals surface area contributed by atoms with E-state index in [9.17, 15) is 19.5 Å². The van der Waals surface area contributed by atoms with E-state index in [1.54, 1.807) is 0 Å². The van der Waals surface area contributed by atoms with Gasteiger partial charge in [0, 0.05) is 0 Å². The number of carbonyl (C=O) groups excluding carboxylic acids is 2. The highest BCUT2D eigenvalue weighted by molar-refractivity contribution is 6.23. The number of rotatable bonds is 3. The molecule has 4 unspecified atom stereocenters. The molecule has 6 nitrogen and oxygen atoms in total. The lowest BCUT2D eigenvalue weighted by Crippen LogP contribution is -2.33. The van der Waals surface area contributed by atoms with Crippen molar-refractivity contribution in [3.8, 4) is 5.75 Å². The third-order valence-electron chi connectivity index (χ3n) is 5.59. The zero-order valence-corrected chi connectivity index (χ0v) is 12.7. The van der Waals surface area contributed by atoms with Crippen LogP contribution in [0.4, 0.5) is 5.69 Å². The minimum atomic E-state index is -1.10. The van der Waals surface area contributed by atoms with E-state index in [-0.39, 0.29) is 34.9 Å². The third kappa shape index (κ3) is 1.84. The van der Waals surface area contributed by atoms with E-state index >= 15 is 0 Å². The molecule has 2 bridgehead atoms. The largest absolute Gasteiger partial charge is 0.495 e. The highest BCUT2D eigenvalue weighted by Gasteiger charge is 2.61. The molecule has 3 fully saturated rings. The highest BCUT2D eigenvalue weighted by atomic mass is 16.5. The molecule has 2 aliphatic carbocycles. The Kier molecular flexibility index (Phi) is 2.98. The second kappa shape index (κ2) is 4.81. The van der Waals surface area contributed by atoms with Crippen molar-refractivity contribution in [3.05, 3.63) is 23.8 Å². The molecule has 1 heterocycles. The fourth-order valence-corrected chi connectivity index (χ4v) is 4.64. The molecule has 0 radical (unpaired) electrons. The van der Waals surface area contributed by atoms with E-state index in [0.717, 1.165) is 24.2 Å². The molecule has 4 rings (SSSR count). The molecule has 2 saturated carbocycles. The summed E-state index contributed by atoms with van der Waals surface area (Å²) in [5, 5.41) is 9.17. The third-order valence-corrected chi connectivity index (χ3v) is 5.59. The second-order valence-electron chi connectivity index (χ2n) is 6.59. The summed E-state index contributed by atoms with van der Waals surface area (Å²) in [6, 6.07) is 4.24. The Bertz CT molecular complexity index is 700. The van der Waals surface area contributed by atoms with Crippen molar-refractivity contribution in [3.63, 3.8) is 0 Å². The predicted octanol–water partition coefficient (Wildman–Crippen LogP) is 1.93. The van der Waals surface area contributed by atoms with Crippen LogP contribution in [-0.4, -0.2) is 30.0 Å². The van der Waals surface area contributed by atoms with Crippen molar-refractivity contribution in [1.82, 2.24) is 0 Å². The van der Waals surface area contributed by atoms with Crippen molar-refractivity contribution < 1.29 is 24.2 Å². The summed E-state index contributed by atoms with van der Waals surface area (Å²) in [5.74, 6) is -1.06. The number of imide groups is 1. The topological polar surface area (TPSA) is 83.9 Å². The molecule has 1 aromatic rings. The molecule has 1 N–H and O–H groups in total. The number of amides is 2. The lowest BCUT2D eigenvalue weighted by molar-refractivity contribution is -0.123. The van der Waals surface area contributed by atoms with E-state index < -0.39 is 5.97 Å². The molecule has 2 amide bonds. The fourth-order valence-electron chi connectivity index (χ4n) is 4.64. The molecular formula is C17H17NO5. The number of aromatic carboxylic acids is 1. The number of carbonyl (C=O) groups is 3. The smallest absolute Gasteiger partial charge is 0.335 e. The van der Waals surface area contributed by atoms with Gasteiger partial charge in [0.1, 0.15) is 5.75 Å². The summed E-state index contributed by atoms with van der Waals surface area (Å²) in [5.41, 5.74) is 0.276. The first-order valence-electron chi connectivity index (χ1n) is 7.82. The van der Waals surface area contributed by atoms with Crippen molar-refractivity contribution >= 4 is 23.5 Å². The average molecular weight is 315 g/mol. The predicted molar refractivity (Wildman–Crippen MR) is 80.3 cm³/mol. The molecule has 3 aliphatic rings. The number of hydrogen-bond acceptors (Lipinski definition) is 4. The number of methoxy groups -OCH3 is 1. The molecule has 6 heteroatoms. The summed E-state index contributed by atoms with van der Waals surface area (Å²) in [7, 11) is 1.44. The van der Waals surface area contributed by atoms with Crippen LogP contribution in [0, 0.1) is 23.7 Å². The lowest BCUT2D eigenvalue weighted by Gasteiger charge is -2.20. The van der Waals surface area contributed by atoms with Crippen LogP contribution in [0.1, 0.15) is 29.6 Å². The van der Waals surface area contributed by atoms with Gasteiger partial charge in [-0.1, -0.05) is 0 Å². The number of carboxylic acid groups (broad SMARTS) is 1. The van der Waals surface area contributed by atoms with Gasteiger partial charge in [0.25, 0.3) is 0 Å². The maximum atomic E-state index is 12.8. The first kappa shape index (κ1) is 14.2. The van der Waals surface area contributed by atoms with E-state index in [4.69, 9.17) is 4.74 Å². The molecule has 1 saturated heterocycles. The summed E-state index contributed by atoms with van der Waals surface area (Å²) < 4.78 is 5.24. The quantitative estimate of drug-likeness (QED) is 0.862. The van der Waals surface area contributed by atoms with Gasteiger partial charge in [0.05, 0.1) is 30.2 Å². The van der Waals surface area contributed by atoms with Crippen LogP contribution in [-0.2, 0) is 9.59 Å². The summed E-state index contributed by atoms with van der Waals surface area (Å²) in [6.07, 6.45) is 2.98. The van der Waals surface area contributed by atoms with Crippen LogP contribution in [0.2, 0.25) is 0 Å². The summed E-state index contributed by atoms with van der Waals surface area (Å²) in [6.45, 7) is 0. The SMILES string of the molecule is COc1ccc(C(=O)O)cc1N1C(=O)C2C3CCC(C3)C2C1=O. The van der Waals surface area contributed by atoms with Gasteiger partial charge >= 0.3 is 5.97 Å². The Labute approximate surface area is 133 Å². The molecule has 1 aromatic carbocycles. The first-order valence-corrected chi connectivity index (χ1v) is 7.82. The standard InChI is InChI=1S/C17H17NO5/c1-23-12-5-4-10(17(21)22)7-11(12)18-15(19)13-8-2-3-9(6-8)14(13)16(18)20/h4-5,7-9,13-14H,2-3,6H2,1H3,(H,21,22). The van der Waals surface area contributed by atoms with Crippen molar-refractivity contribution in [1.29, 1.82) is 0 Å². The zero-order chi connectivity index (χ0) is 16.3. The van der Waals surface area contributed by atoms with Crippen molar-refractivity contribution in [2.45, 2.75) is 19.3 Å². The maximum Gasteiger partial charge on any atom is 0.335 e. The Balaban J connectivity index is 1.79. The molecule has 120 valence electrons. The molecule has 0 aromatic heterocycles. The Morgan fingerprint density at radius 1 is 1.17 bits per heavy atom. The fraction of sp³-hybridized carbons (Fsp3) is 0.471. The lowest BCUT2D eigenvalue weighted by atomic mass is 9.81. The maximum absolute atomic E-state index is 12.8. The molecular weight excluding hydrogens is 298 g/mol. The van der Waals surface area contributed by atoms with Crippen LogP contribution < -0.4 is 9.64 Å². The zero-order valence-electron chi connectivity index (χ0n) is 12.7. The van der Waals surface area contributed by atoms with Crippen LogP contribution in [0.15, 0.2) is 18.2 Å². The van der Waals surface area contributed by atoms with E-state index in [0.29, 0.717) is 17.6 Å². The van der Waals surface area contributed by atoms with Gasteiger partial charge in [0.2, 0.25) is 11.8 Å². The van der Waals surface area contributed by atoms with Crippen LogP contribution in [0.25, 0.3) is 0 Å². The van der Waals surface area contributed by atoms with Crippen LogP contribution >= 0.6 is 0 Å². The number of fused-ring (bicyclic) bond motifs is 5. The normalized spacial score (nSPS) is 31.6. The second-order valence-corrected chi connectivity index (χ2v) is 6.59. The molecule has 23 heavy (non-hydrogen) atoms. The number of carboxylic acids is 1. The Morgan fingerprint density at radius 3 is 2.30 bits per heavy atom. The van der Waals surface area contributed by atoms with E-state index in [2.05, 4.69) is 0 Å². The average Bonchev–Trinajstić information content (AvgIpc) is 3.21. The van der Waals surface area contributed by atoms with Gasteiger partial charge in [-0.15, -0.1) is 0 Å². The van der Waals surface area contributed by atoms with Gasteiger partial charge in [-0.05, 0) is 49.3 Å². The highest BCUT2D eigenvalue weighted by Crippen LogP contribution is 2.57. The van der Waals surface area contributed by atoms with Gasteiger partial charge in [-0.2, -0.15) is 0 Å². The number of hydrogen-bond donors (Lipinski definition) is 1. The van der Waals surface area contributed by atoms with Gasteiger partial charge in [-0.25, -0.2) is 9.69 Å². The number of ether oxygens (including phenoxy) is 1. The minimum absolute atomic E-state index is 0.0291. The first-order chi connectivity index (χ1) is 11.0. The number of anilines is 1. The van der Waals surface area contributed by atoms with Crippen molar-refractivity contribution in [2.75, 3.05) is 12.0 Å². The summed E-state index contributed by atoms with van der Waals surface area (Å²) in [4.78, 5) is 38.0. The van der Waals surface area contributed by atoms with Gasteiger partial charge in [0.15, 0.2) is 0 Å². The molecule has 0 spiro atoms. The van der Waals surface area contributed by atoms with Crippen LogP contribution in [0.3, 0.4) is 0 Å². The van der Waals surface area contributed by atoms with Crippen LogP contribution in [0.5, 0.6) is 5.75 Å². The number of nitrogens with zero attached hydrogens (tertiary/aromatic N) is 1. The monoisotopic (exact) mass is 315 g/mol. The summed E-state index contributed by atoms with van der Waals surface area (Å²) >= 11 is 0. The Morgan fingerprint density at radius 2 is 1.78 bits per heavy atom. The van der Waals surface area contributed by atoms with Gasteiger partial charge < -0.3 is 9.84 Å².